The van der Waals surface area contributed by atoms with E-state index in [0.717, 1.165) is 28.1 Å². The molecule has 1 N–H and O–H groups in total. The number of hydrogen-bond acceptors (Lipinski definition) is 6. The number of anilines is 2. The third-order valence-corrected chi connectivity index (χ3v) is 4.50. The first-order valence-electron chi connectivity index (χ1n) is 5.46. The Hall–Kier alpha value is -1.14. The van der Waals surface area contributed by atoms with Crippen LogP contribution < -0.4 is 10.2 Å². The van der Waals surface area contributed by atoms with Gasteiger partial charge in [0.2, 0.25) is 0 Å². The molecule has 2 aromatic heterocycles. The van der Waals surface area contributed by atoms with Crippen molar-refractivity contribution in [1.82, 2.24) is 9.97 Å². The van der Waals surface area contributed by atoms with Crippen molar-refractivity contribution in [2.24, 2.45) is 0 Å². The predicted molar refractivity (Wildman–Crippen MR) is 76.5 cm³/mol. The molecule has 0 bridgehead atoms. The summed E-state index contributed by atoms with van der Waals surface area (Å²) < 4.78 is 0. The zero-order valence-corrected chi connectivity index (χ0v) is 12.1. The molecule has 0 fully saturated rings. The van der Waals surface area contributed by atoms with Crippen LogP contribution in [0, 0.1) is 0 Å². The van der Waals surface area contributed by atoms with Gasteiger partial charge in [-0.1, -0.05) is 18.3 Å². The zero-order chi connectivity index (χ0) is 12.4. The van der Waals surface area contributed by atoms with Crippen molar-refractivity contribution in [2.45, 2.75) is 13.3 Å². The van der Waals surface area contributed by atoms with Gasteiger partial charge < -0.3 is 10.2 Å². The maximum absolute atomic E-state index is 4.63. The van der Waals surface area contributed by atoms with Crippen LogP contribution in [0.2, 0.25) is 0 Å². The fraction of sp³-hybridized carbons (Fsp3) is 0.455. The van der Waals surface area contributed by atoms with Gasteiger partial charge in [-0.2, -0.15) is 0 Å². The highest BCUT2D eigenvalue weighted by Gasteiger charge is 2.15. The van der Waals surface area contributed by atoms with Crippen LogP contribution in [-0.2, 0) is 6.42 Å². The minimum atomic E-state index is 0.937. The van der Waals surface area contributed by atoms with Crippen LogP contribution in [0.4, 0.5) is 10.3 Å². The number of hydrogen-bond donors (Lipinski definition) is 1. The van der Waals surface area contributed by atoms with Crippen LogP contribution in [0.25, 0.3) is 10.6 Å². The molecule has 0 aliphatic heterocycles. The smallest absolute Gasteiger partial charge is 0.185 e. The lowest BCUT2D eigenvalue weighted by molar-refractivity contribution is 1.03. The molecule has 0 saturated carbocycles. The van der Waals surface area contributed by atoms with Crippen molar-refractivity contribution in [3.8, 4) is 10.6 Å². The molecule has 0 unspecified atom stereocenters. The van der Waals surface area contributed by atoms with Crippen LogP contribution in [0.15, 0.2) is 5.38 Å². The molecule has 0 radical (unpaired) electrons. The Balaban J connectivity index is 2.42. The van der Waals surface area contributed by atoms with Crippen molar-refractivity contribution < 1.29 is 0 Å². The van der Waals surface area contributed by atoms with E-state index in [0.29, 0.717) is 0 Å². The first-order valence-corrected chi connectivity index (χ1v) is 7.16. The van der Waals surface area contributed by atoms with Crippen LogP contribution >= 0.6 is 22.7 Å². The first-order chi connectivity index (χ1) is 8.15. The molecule has 0 saturated heterocycles. The standard InChI is InChI=1S/C11H16N4S2/c1-5-7-9(17-11(14-7)15(3)4)8-6-16-10(12-2)13-8/h6H,5H2,1-4H3,(H,12,13). The summed E-state index contributed by atoms with van der Waals surface area (Å²) in [6, 6.07) is 0. The molecular weight excluding hydrogens is 252 g/mol. The molecule has 2 heterocycles. The molecule has 0 spiro atoms. The quantitative estimate of drug-likeness (QED) is 0.925. The molecule has 0 atom stereocenters. The number of nitrogens with zero attached hydrogens (tertiary/aromatic N) is 3. The van der Waals surface area contributed by atoms with E-state index in [-0.39, 0.29) is 0 Å². The third-order valence-electron chi connectivity index (χ3n) is 2.35. The van der Waals surface area contributed by atoms with E-state index in [1.807, 2.05) is 26.0 Å². The average Bonchev–Trinajstić information content (AvgIpc) is 2.94. The molecule has 92 valence electrons. The second-order valence-electron chi connectivity index (χ2n) is 3.81. The summed E-state index contributed by atoms with van der Waals surface area (Å²) >= 11 is 3.32. The lowest BCUT2D eigenvalue weighted by Gasteiger charge is -2.05. The van der Waals surface area contributed by atoms with Gasteiger partial charge in [-0.05, 0) is 6.42 Å². The van der Waals surface area contributed by atoms with Crippen LogP contribution in [0.5, 0.6) is 0 Å². The third kappa shape index (κ3) is 2.42. The second kappa shape index (κ2) is 5.01. The Labute approximate surface area is 109 Å². The van der Waals surface area contributed by atoms with E-state index in [4.69, 9.17) is 0 Å². The molecule has 0 aliphatic rings. The van der Waals surface area contributed by atoms with Gasteiger partial charge >= 0.3 is 0 Å². The van der Waals surface area contributed by atoms with Crippen molar-refractivity contribution in [2.75, 3.05) is 31.4 Å². The number of aromatic nitrogens is 2. The van der Waals surface area contributed by atoms with Gasteiger partial charge in [0.05, 0.1) is 16.3 Å². The summed E-state index contributed by atoms with van der Waals surface area (Å²) in [6.45, 7) is 2.13. The maximum Gasteiger partial charge on any atom is 0.185 e. The van der Waals surface area contributed by atoms with E-state index < -0.39 is 0 Å². The molecule has 2 rings (SSSR count). The van der Waals surface area contributed by atoms with E-state index in [1.165, 1.54) is 4.88 Å². The largest absolute Gasteiger partial charge is 0.365 e. The molecule has 0 aromatic carbocycles. The van der Waals surface area contributed by atoms with Crippen molar-refractivity contribution >= 4 is 32.9 Å². The minimum absolute atomic E-state index is 0.937. The van der Waals surface area contributed by atoms with Gasteiger partial charge in [-0.25, -0.2) is 9.97 Å². The van der Waals surface area contributed by atoms with Crippen molar-refractivity contribution in [1.29, 1.82) is 0 Å². The summed E-state index contributed by atoms with van der Waals surface area (Å²) in [5.41, 5.74) is 2.16. The fourth-order valence-corrected chi connectivity index (χ4v) is 3.24. The Bertz CT molecular complexity index is 501. The van der Waals surface area contributed by atoms with Gasteiger partial charge in [0.25, 0.3) is 0 Å². The molecule has 4 nitrogen and oxygen atoms in total. The zero-order valence-electron chi connectivity index (χ0n) is 10.4. The lowest BCUT2D eigenvalue weighted by atomic mass is 10.2. The highest BCUT2D eigenvalue weighted by atomic mass is 32.1. The first kappa shape index (κ1) is 12.3. The molecule has 2 aromatic rings. The molecule has 6 heteroatoms. The topological polar surface area (TPSA) is 41.1 Å². The minimum Gasteiger partial charge on any atom is -0.365 e. The normalized spacial score (nSPS) is 10.6. The molecular formula is C11H16N4S2. The van der Waals surface area contributed by atoms with E-state index in [1.54, 1.807) is 22.7 Å². The van der Waals surface area contributed by atoms with Crippen LogP contribution in [0.3, 0.4) is 0 Å². The summed E-state index contributed by atoms with van der Waals surface area (Å²) in [4.78, 5) is 12.4. The Kier molecular flexibility index (Phi) is 3.63. The Morgan fingerprint density at radius 3 is 2.65 bits per heavy atom. The number of aryl methyl sites for hydroxylation is 1. The van der Waals surface area contributed by atoms with E-state index >= 15 is 0 Å². The van der Waals surface area contributed by atoms with E-state index in [9.17, 15) is 0 Å². The number of thiazole rings is 2. The fourth-order valence-electron chi connectivity index (χ4n) is 1.46. The summed E-state index contributed by atoms with van der Waals surface area (Å²) in [7, 11) is 5.92. The molecule has 0 amide bonds. The highest BCUT2D eigenvalue weighted by Crippen LogP contribution is 2.35. The average molecular weight is 268 g/mol. The van der Waals surface area contributed by atoms with Gasteiger partial charge in [-0.3, -0.25) is 0 Å². The maximum atomic E-state index is 4.63. The lowest BCUT2D eigenvalue weighted by Crippen LogP contribution is -2.07. The van der Waals surface area contributed by atoms with Gasteiger partial charge in [0.1, 0.15) is 0 Å². The van der Waals surface area contributed by atoms with Crippen LogP contribution in [-0.4, -0.2) is 31.1 Å². The molecule has 17 heavy (non-hydrogen) atoms. The van der Waals surface area contributed by atoms with Crippen molar-refractivity contribution in [3.05, 3.63) is 11.1 Å². The van der Waals surface area contributed by atoms with Gasteiger partial charge in [0, 0.05) is 26.5 Å². The predicted octanol–water partition coefficient (Wildman–Crippen LogP) is 2.94. The second-order valence-corrected chi connectivity index (χ2v) is 5.64. The molecule has 0 aliphatic carbocycles. The Morgan fingerprint density at radius 1 is 1.35 bits per heavy atom. The van der Waals surface area contributed by atoms with Gasteiger partial charge in [0.15, 0.2) is 10.3 Å². The van der Waals surface area contributed by atoms with Crippen LogP contribution in [0.1, 0.15) is 12.6 Å². The van der Waals surface area contributed by atoms with Crippen molar-refractivity contribution in [3.63, 3.8) is 0 Å². The number of nitrogens with one attached hydrogen (secondary N) is 1. The van der Waals surface area contributed by atoms with E-state index in [2.05, 4.69) is 27.6 Å². The van der Waals surface area contributed by atoms with Gasteiger partial charge in [-0.15, -0.1) is 11.3 Å². The summed E-state index contributed by atoms with van der Waals surface area (Å²) in [5.74, 6) is 0. The summed E-state index contributed by atoms with van der Waals surface area (Å²) in [5, 5.41) is 7.13. The highest BCUT2D eigenvalue weighted by molar-refractivity contribution is 7.19. The monoisotopic (exact) mass is 268 g/mol. The Morgan fingerprint density at radius 2 is 2.12 bits per heavy atom. The SMILES string of the molecule is CCc1nc(N(C)C)sc1-c1csc(NC)n1. The number of rotatable bonds is 4. The summed E-state index contributed by atoms with van der Waals surface area (Å²) in [6.07, 6.45) is 0.937.